The standard InChI is InChI=1S/C44H43NO2/c1-3-46-28-25-44(26-29-47-4-2,41-21-6-5-7-22-41)42-23-13-19-39(33-42)37-17-11-15-35(31-37)34-14-10-16-36(30-34)38-18-12-20-40(32-38)43-24-8-9-27-45-43/h5-24,27,30-33H,3-4,25-26,28-29H2,1-2H3. The van der Waals surface area contributed by atoms with Crippen LogP contribution in [0.1, 0.15) is 37.8 Å². The highest BCUT2D eigenvalue weighted by atomic mass is 16.5. The van der Waals surface area contributed by atoms with Gasteiger partial charge in [0.05, 0.1) is 5.69 Å². The number of nitrogens with zero attached hydrogens (tertiary/aromatic N) is 1. The lowest BCUT2D eigenvalue weighted by Crippen LogP contribution is -2.31. The summed E-state index contributed by atoms with van der Waals surface area (Å²) in [6.45, 7) is 6.93. The molecule has 0 fully saturated rings. The van der Waals surface area contributed by atoms with E-state index in [-0.39, 0.29) is 5.41 Å². The van der Waals surface area contributed by atoms with Crippen molar-refractivity contribution in [1.29, 1.82) is 0 Å². The number of hydrogen-bond donors (Lipinski definition) is 0. The predicted molar refractivity (Wildman–Crippen MR) is 195 cm³/mol. The van der Waals surface area contributed by atoms with Crippen molar-refractivity contribution >= 4 is 0 Å². The molecule has 0 saturated heterocycles. The van der Waals surface area contributed by atoms with Crippen LogP contribution in [0.3, 0.4) is 0 Å². The van der Waals surface area contributed by atoms with Gasteiger partial charge in [0.25, 0.3) is 0 Å². The van der Waals surface area contributed by atoms with Crippen molar-refractivity contribution in [3.05, 3.63) is 163 Å². The maximum Gasteiger partial charge on any atom is 0.0702 e. The lowest BCUT2D eigenvalue weighted by Gasteiger charge is -2.36. The predicted octanol–water partition coefficient (Wildman–Crippen LogP) is 10.9. The van der Waals surface area contributed by atoms with Gasteiger partial charge in [0.2, 0.25) is 0 Å². The summed E-state index contributed by atoms with van der Waals surface area (Å²) in [5.74, 6) is 0. The number of hydrogen-bond acceptors (Lipinski definition) is 3. The molecule has 0 spiro atoms. The second kappa shape index (κ2) is 15.6. The Hall–Kier alpha value is -4.83. The number of benzene rings is 5. The third-order valence-corrected chi connectivity index (χ3v) is 9.04. The molecule has 0 bridgehead atoms. The summed E-state index contributed by atoms with van der Waals surface area (Å²) in [5, 5.41) is 0. The highest BCUT2D eigenvalue weighted by molar-refractivity contribution is 5.78. The van der Waals surface area contributed by atoms with Crippen LogP contribution < -0.4 is 0 Å². The van der Waals surface area contributed by atoms with E-state index in [1.165, 1.54) is 44.5 Å². The SMILES string of the molecule is CCOCCC(CCOCC)(c1ccccc1)c1cccc(-c2cccc(-c3cccc(-c4cccc(-c5ccccn5)c4)c3)c2)c1. The Kier molecular flexibility index (Phi) is 10.7. The van der Waals surface area contributed by atoms with Crippen molar-refractivity contribution in [3.8, 4) is 44.6 Å². The molecule has 0 N–H and O–H groups in total. The van der Waals surface area contributed by atoms with Crippen LogP contribution in [0, 0.1) is 0 Å². The molecular weight excluding hydrogens is 574 g/mol. The molecule has 1 heterocycles. The zero-order valence-corrected chi connectivity index (χ0v) is 27.4. The molecule has 0 radical (unpaired) electrons. The van der Waals surface area contributed by atoms with E-state index in [2.05, 4.69) is 152 Å². The van der Waals surface area contributed by atoms with Gasteiger partial charge in [-0.25, -0.2) is 0 Å². The van der Waals surface area contributed by atoms with Gasteiger partial charge in [0, 0.05) is 43.6 Å². The van der Waals surface area contributed by atoms with Crippen LogP contribution in [-0.2, 0) is 14.9 Å². The van der Waals surface area contributed by atoms with Gasteiger partial charge in [-0.2, -0.15) is 0 Å². The summed E-state index contributed by atoms with van der Waals surface area (Å²) in [5.41, 5.74) is 11.6. The largest absolute Gasteiger partial charge is 0.382 e. The number of ether oxygens (including phenoxy) is 2. The van der Waals surface area contributed by atoms with E-state index < -0.39 is 0 Å². The molecule has 1 aromatic heterocycles. The number of pyridine rings is 1. The first-order chi connectivity index (χ1) is 23.2. The molecule has 0 aliphatic carbocycles. The quantitative estimate of drug-likeness (QED) is 0.114. The molecule has 0 unspecified atom stereocenters. The van der Waals surface area contributed by atoms with Crippen molar-refractivity contribution < 1.29 is 9.47 Å². The van der Waals surface area contributed by atoms with Crippen LogP contribution in [0.25, 0.3) is 44.6 Å². The zero-order chi connectivity index (χ0) is 32.3. The van der Waals surface area contributed by atoms with Crippen LogP contribution in [0.4, 0.5) is 0 Å². The van der Waals surface area contributed by atoms with E-state index in [4.69, 9.17) is 9.47 Å². The van der Waals surface area contributed by atoms with E-state index in [0.29, 0.717) is 26.4 Å². The van der Waals surface area contributed by atoms with E-state index in [1.54, 1.807) is 0 Å². The molecule has 6 rings (SSSR count). The van der Waals surface area contributed by atoms with E-state index in [1.807, 2.05) is 18.3 Å². The minimum absolute atomic E-state index is 0.225. The summed E-state index contributed by atoms with van der Waals surface area (Å²) in [6, 6.07) is 52.3. The van der Waals surface area contributed by atoms with Crippen molar-refractivity contribution in [2.24, 2.45) is 0 Å². The van der Waals surface area contributed by atoms with Gasteiger partial charge in [-0.1, -0.05) is 115 Å². The van der Waals surface area contributed by atoms with Crippen LogP contribution in [0.2, 0.25) is 0 Å². The van der Waals surface area contributed by atoms with Crippen LogP contribution in [-0.4, -0.2) is 31.4 Å². The van der Waals surface area contributed by atoms with Crippen molar-refractivity contribution in [3.63, 3.8) is 0 Å². The number of rotatable bonds is 14. The molecule has 236 valence electrons. The summed E-state index contributed by atoms with van der Waals surface area (Å²) >= 11 is 0. The fraction of sp³-hybridized carbons (Fsp3) is 0.205. The lowest BCUT2D eigenvalue weighted by atomic mass is 9.69. The topological polar surface area (TPSA) is 31.4 Å². The maximum absolute atomic E-state index is 5.94. The molecule has 0 aliphatic heterocycles. The van der Waals surface area contributed by atoms with E-state index >= 15 is 0 Å². The Balaban J connectivity index is 1.35. The molecule has 3 nitrogen and oxygen atoms in total. The molecule has 0 aliphatic rings. The second-order valence-corrected chi connectivity index (χ2v) is 11.9. The Morgan fingerprint density at radius 3 is 1.40 bits per heavy atom. The molecular formula is C44H43NO2. The Morgan fingerprint density at radius 1 is 0.447 bits per heavy atom. The number of aromatic nitrogens is 1. The Morgan fingerprint density at radius 2 is 0.894 bits per heavy atom. The van der Waals surface area contributed by atoms with Gasteiger partial charge in [-0.05, 0) is 102 Å². The molecule has 3 heteroatoms. The van der Waals surface area contributed by atoms with Crippen LogP contribution in [0.5, 0.6) is 0 Å². The molecule has 0 saturated carbocycles. The third-order valence-electron chi connectivity index (χ3n) is 9.04. The highest BCUT2D eigenvalue weighted by Crippen LogP contribution is 2.41. The summed E-state index contributed by atoms with van der Waals surface area (Å²) in [7, 11) is 0. The summed E-state index contributed by atoms with van der Waals surface area (Å²) in [4.78, 5) is 4.55. The molecule has 5 aromatic carbocycles. The van der Waals surface area contributed by atoms with E-state index in [0.717, 1.165) is 24.1 Å². The van der Waals surface area contributed by atoms with Gasteiger partial charge in [-0.3, -0.25) is 4.98 Å². The summed E-state index contributed by atoms with van der Waals surface area (Å²) in [6.07, 6.45) is 3.61. The third kappa shape index (κ3) is 7.60. The maximum atomic E-state index is 5.94. The van der Waals surface area contributed by atoms with Crippen LogP contribution >= 0.6 is 0 Å². The Bertz CT molecular complexity index is 1860. The van der Waals surface area contributed by atoms with Crippen molar-refractivity contribution in [1.82, 2.24) is 4.98 Å². The smallest absolute Gasteiger partial charge is 0.0702 e. The van der Waals surface area contributed by atoms with Gasteiger partial charge < -0.3 is 9.47 Å². The van der Waals surface area contributed by atoms with Gasteiger partial charge in [0.15, 0.2) is 0 Å². The highest BCUT2D eigenvalue weighted by Gasteiger charge is 2.34. The lowest BCUT2D eigenvalue weighted by molar-refractivity contribution is 0.104. The first-order valence-electron chi connectivity index (χ1n) is 16.7. The van der Waals surface area contributed by atoms with Crippen molar-refractivity contribution in [2.75, 3.05) is 26.4 Å². The molecule has 47 heavy (non-hydrogen) atoms. The normalized spacial score (nSPS) is 11.4. The van der Waals surface area contributed by atoms with Gasteiger partial charge in [0.1, 0.15) is 0 Å². The molecule has 0 amide bonds. The van der Waals surface area contributed by atoms with E-state index in [9.17, 15) is 0 Å². The zero-order valence-electron chi connectivity index (χ0n) is 27.4. The summed E-state index contributed by atoms with van der Waals surface area (Å²) < 4.78 is 11.9. The molecule has 6 aromatic rings. The molecule has 0 atom stereocenters. The van der Waals surface area contributed by atoms with Crippen molar-refractivity contribution in [2.45, 2.75) is 32.1 Å². The first-order valence-corrected chi connectivity index (χ1v) is 16.7. The minimum Gasteiger partial charge on any atom is -0.382 e. The average molecular weight is 618 g/mol. The first kappa shape index (κ1) is 32.1. The van der Waals surface area contributed by atoms with Gasteiger partial charge in [-0.15, -0.1) is 0 Å². The average Bonchev–Trinajstić information content (AvgIpc) is 3.15. The Labute approximate surface area is 279 Å². The minimum atomic E-state index is -0.225. The fourth-order valence-corrected chi connectivity index (χ4v) is 6.55. The monoisotopic (exact) mass is 617 g/mol. The van der Waals surface area contributed by atoms with Gasteiger partial charge >= 0.3 is 0 Å². The van der Waals surface area contributed by atoms with Crippen LogP contribution in [0.15, 0.2) is 152 Å². The fourth-order valence-electron chi connectivity index (χ4n) is 6.55. The second-order valence-electron chi connectivity index (χ2n) is 11.9.